The Kier molecular flexibility index (Phi) is 4.22. The molecule has 2 heterocycles. The monoisotopic (exact) mass is 254 g/mol. The second-order valence-electron chi connectivity index (χ2n) is 4.34. The highest BCUT2D eigenvalue weighted by Crippen LogP contribution is 2.12. The minimum atomic E-state index is -0.866. The average molecular weight is 254 g/mol. The minimum Gasteiger partial charge on any atom is -0.481 e. The first-order valence-corrected chi connectivity index (χ1v) is 5.78. The summed E-state index contributed by atoms with van der Waals surface area (Å²) < 4.78 is 18.4. The van der Waals surface area contributed by atoms with Crippen LogP contribution >= 0.6 is 0 Å². The predicted molar refractivity (Wildman–Crippen MR) is 61.5 cm³/mol. The molecule has 0 aromatic carbocycles. The normalized spacial score (nSPS) is 20.8. The van der Waals surface area contributed by atoms with E-state index >= 15 is 0 Å². The minimum absolute atomic E-state index is 0.00208. The molecule has 1 unspecified atom stereocenters. The molecule has 0 aliphatic carbocycles. The number of pyridine rings is 1. The van der Waals surface area contributed by atoms with Gasteiger partial charge in [-0.05, 0) is 11.6 Å². The van der Waals surface area contributed by atoms with Crippen LogP contribution in [0.3, 0.4) is 0 Å². The Labute approximate surface area is 104 Å². The molecule has 1 aromatic rings. The lowest BCUT2D eigenvalue weighted by Gasteiger charge is -2.32. The smallest absolute Gasteiger partial charge is 0.306 e. The highest BCUT2D eigenvalue weighted by atomic mass is 19.1. The third-order valence-electron chi connectivity index (χ3n) is 2.79. The third kappa shape index (κ3) is 3.75. The molecular formula is C12H15FN2O3. The summed E-state index contributed by atoms with van der Waals surface area (Å²) in [6.45, 7) is 2.32. The molecule has 1 aromatic heterocycles. The van der Waals surface area contributed by atoms with Gasteiger partial charge in [0.2, 0.25) is 0 Å². The SMILES string of the molecule is O=C(O)CC1CN(Cc2cncc(F)c2)CCO1. The van der Waals surface area contributed by atoms with Crippen molar-refractivity contribution in [1.29, 1.82) is 0 Å². The van der Waals surface area contributed by atoms with Crippen molar-refractivity contribution in [3.8, 4) is 0 Å². The Balaban J connectivity index is 1.91. The van der Waals surface area contributed by atoms with Crippen LogP contribution in [0.25, 0.3) is 0 Å². The molecule has 1 atom stereocenters. The molecule has 1 N–H and O–H groups in total. The molecule has 5 nitrogen and oxygen atoms in total. The first-order chi connectivity index (χ1) is 8.63. The summed E-state index contributed by atoms with van der Waals surface area (Å²) in [5.74, 6) is -1.22. The Morgan fingerprint density at radius 3 is 3.17 bits per heavy atom. The summed E-state index contributed by atoms with van der Waals surface area (Å²) in [5.41, 5.74) is 0.783. The van der Waals surface area contributed by atoms with Crippen LogP contribution in [0.1, 0.15) is 12.0 Å². The Bertz CT molecular complexity index is 428. The summed E-state index contributed by atoms with van der Waals surface area (Å²) in [5, 5.41) is 8.72. The first kappa shape index (κ1) is 12.9. The van der Waals surface area contributed by atoms with E-state index in [0.29, 0.717) is 26.2 Å². The molecule has 1 aliphatic rings. The van der Waals surface area contributed by atoms with Crippen molar-refractivity contribution in [2.45, 2.75) is 19.1 Å². The van der Waals surface area contributed by atoms with E-state index in [1.165, 1.54) is 6.07 Å². The lowest BCUT2D eigenvalue weighted by Crippen LogP contribution is -2.42. The van der Waals surface area contributed by atoms with Crippen LogP contribution in [0.5, 0.6) is 0 Å². The van der Waals surface area contributed by atoms with E-state index in [2.05, 4.69) is 4.98 Å². The number of carbonyl (C=O) groups is 1. The maximum absolute atomic E-state index is 13.0. The van der Waals surface area contributed by atoms with Crippen LogP contribution in [0, 0.1) is 5.82 Å². The number of halogens is 1. The fraction of sp³-hybridized carbons (Fsp3) is 0.500. The number of morpholine rings is 1. The average Bonchev–Trinajstić information content (AvgIpc) is 2.28. The van der Waals surface area contributed by atoms with Gasteiger partial charge in [0, 0.05) is 25.8 Å². The van der Waals surface area contributed by atoms with Gasteiger partial charge >= 0.3 is 5.97 Å². The largest absolute Gasteiger partial charge is 0.481 e. The summed E-state index contributed by atoms with van der Waals surface area (Å²) in [6, 6.07) is 1.44. The van der Waals surface area contributed by atoms with Crippen LogP contribution in [0.4, 0.5) is 4.39 Å². The van der Waals surface area contributed by atoms with Crippen molar-refractivity contribution in [2.24, 2.45) is 0 Å². The quantitative estimate of drug-likeness (QED) is 0.864. The van der Waals surface area contributed by atoms with Gasteiger partial charge in [-0.1, -0.05) is 0 Å². The van der Waals surface area contributed by atoms with Crippen molar-refractivity contribution in [1.82, 2.24) is 9.88 Å². The lowest BCUT2D eigenvalue weighted by molar-refractivity contribution is -0.142. The third-order valence-corrected chi connectivity index (χ3v) is 2.79. The summed E-state index contributed by atoms with van der Waals surface area (Å²) in [4.78, 5) is 16.5. The van der Waals surface area contributed by atoms with E-state index < -0.39 is 5.97 Å². The second-order valence-corrected chi connectivity index (χ2v) is 4.34. The molecule has 0 saturated carbocycles. The van der Waals surface area contributed by atoms with Crippen LogP contribution in [0.2, 0.25) is 0 Å². The number of carboxylic acid groups (broad SMARTS) is 1. The van der Waals surface area contributed by atoms with E-state index in [1.807, 2.05) is 4.90 Å². The van der Waals surface area contributed by atoms with E-state index in [4.69, 9.17) is 9.84 Å². The Morgan fingerprint density at radius 2 is 2.44 bits per heavy atom. The summed E-state index contributed by atoms with van der Waals surface area (Å²) >= 11 is 0. The van der Waals surface area contributed by atoms with Gasteiger partial charge in [0.05, 0.1) is 25.3 Å². The molecule has 0 amide bonds. The van der Waals surface area contributed by atoms with Gasteiger partial charge in [0.15, 0.2) is 0 Å². The van der Waals surface area contributed by atoms with Crippen LogP contribution in [-0.2, 0) is 16.1 Å². The van der Waals surface area contributed by atoms with E-state index in [9.17, 15) is 9.18 Å². The Morgan fingerprint density at radius 1 is 1.61 bits per heavy atom. The van der Waals surface area contributed by atoms with Gasteiger partial charge in [-0.15, -0.1) is 0 Å². The summed E-state index contributed by atoms with van der Waals surface area (Å²) in [6.07, 6.45) is 2.48. The molecule has 6 heteroatoms. The van der Waals surface area contributed by atoms with Crippen molar-refractivity contribution in [3.05, 3.63) is 29.8 Å². The van der Waals surface area contributed by atoms with Gasteiger partial charge in [-0.2, -0.15) is 0 Å². The second kappa shape index (κ2) is 5.88. The molecule has 18 heavy (non-hydrogen) atoms. The molecule has 0 radical (unpaired) electrons. The van der Waals surface area contributed by atoms with Crippen molar-refractivity contribution in [2.75, 3.05) is 19.7 Å². The van der Waals surface area contributed by atoms with Crippen molar-refractivity contribution < 1.29 is 19.0 Å². The molecule has 2 rings (SSSR count). The number of aromatic nitrogens is 1. The van der Waals surface area contributed by atoms with Gasteiger partial charge in [0.1, 0.15) is 5.82 Å². The maximum Gasteiger partial charge on any atom is 0.306 e. The fourth-order valence-electron chi connectivity index (χ4n) is 2.04. The lowest BCUT2D eigenvalue weighted by atomic mass is 10.2. The van der Waals surface area contributed by atoms with Gasteiger partial charge in [-0.3, -0.25) is 14.7 Å². The van der Waals surface area contributed by atoms with Crippen molar-refractivity contribution in [3.63, 3.8) is 0 Å². The number of carboxylic acids is 1. The molecule has 0 spiro atoms. The highest BCUT2D eigenvalue weighted by molar-refractivity contribution is 5.67. The van der Waals surface area contributed by atoms with Crippen molar-refractivity contribution >= 4 is 5.97 Å². The van der Waals surface area contributed by atoms with Crippen LogP contribution in [0.15, 0.2) is 18.5 Å². The van der Waals surface area contributed by atoms with Gasteiger partial charge < -0.3 is 9.84 Å². The topological polar surface area (TPSA) is 62.7 Å². The molecule has 98 valence electrons. The van der Waals surface area contributed by atoms with E-state index in [1.54, 1.807) is 6.20 Å². The maximum atomic E-state index is 13.0. The number of hydrogen-bond donors (Lipinski definition) is 1. The number of rotatable bonds is 4. The standard InChI is InChI=1S/C12H15FN2O3/c13-10-3-9(5-14-6-10)7-15-1-2-18-11(8-15)4-12(16)17/h3,5-6,11H,1-2,4,7-8H2,(H,16,17). The number of nitrogens with zero attached hydrogens (tertiary/aromatic N) is 2. The van der Waals surface area contributed by atoms with E-state index in [-0.39, 0.29) is 18.3 Å². The fourth-order valence-corrected chi connectivity index (χ4v) is 2.04. The Hall–Kier alpha value is -1.53. The first-order valence-electron chi connectivity index (χ1n) is 5.78. The highest BCUT2D eigenvalue weighted by Gasteiger charge is 2.22. The molecular weight excluding hydrogens is 239 g/mol. The number of hydrogen-bond acceptors (Lipinski definition) is 4. The van der Waals surface area contributed by atoms with Crippen LogP contribution in [-0.4, -0.2) is 46.8 Å². The predicted octanol–water partition coefficient (Wildman–Crippen LogP) is 0.896. The van der Waals surface area contributed by atoms with Gasteiger partial charge in [-0.25, -0.2) is 4.39 Å². The summed E-state index contributed by atoms with van der Waals surface area (Å²) in [7, 11) is 0. The van der Waals surface area contributed by atoms with E-state index in [0.717, 1.165) is 11.8 Å². The van der Waals surface area contributed by atoms with Gasteiger partial charge in [0.25, 0.3) is 0 Å². The zero-order valence-electron chi connectivity index (χ0n) is 9.88. The zero-order chi connectivity index (χ0) is 13.0. The zero-order valence-corrected chi connectivity index (χ0v) is 9.88. The number of aliphatic carboxylic acids is 1. The molecule has 1 saturated heterocycles. The molecule has 1 aliphatic heterocycles. The number of ether oxygens (including phenoxy) is 1. The van der Waals surface area contributed by atoms with Crippen LogP contribution < -0.4 is 0 Å². The molecule has 1 fully saturated rings. The molecule has 0 bridgehead atoms.